The number of carbonyl (C=O) groups is 3. The maximum absolute atomic E-state index is 11.9. The van der Waals surface area contributed by atoms with Crippen LogP contribution in [0.25, 0.3) is 32.7 Å². The second kappa shape index (κ2) is 29.9. The lowest BCUT2D eigenvalue weighted by Crippen LogP contribution is -2.25. The van der Waals surface area contributed by atoms with Gasteiger partial charge in [-0.25, -0.2) is 0 Å². The zero-order valence-corrected chi connectivity index (χ0v) is 44.5. The van der Waals surface area contributed by atoms with Crippen molar-refractivity contribution in [3.05, 3.63) is 214 Å². The molecule has 390 valence electrons. The fourth-order valence-corrected chi connectivity index (χ4v) is 9.73. The molecule has 0 saturated heterocycles. The predicted molar refractivity (Wildman–Crippen MR) is 311 cm³/mol. The van der Waals surface area contributed by atoms with Crippen LogP contribution in [0.15, 0.2) is 164 Å². The molecule has 0 radical (unpaired) electrons. The summed E-state index contributed by atoms with van der Waals surface area (Å²) in [5.41, 5.74) is 15.1. The molecule has 0 atom stereocenters. The molecular weight excluding hydrogens is 925 g/mol. The molecule has 0 bridgehead atoms. The average Bonchev–Trinajstić information content (AvgIpc) is 4.10. The molecule has 0 fully saturated rings. The second-order valence-electron chi connectivity index (χ2n) is 19.5. The Morgan fingerprint density at radius 1 is 0.347 bits per heavy atom. The first kappa shape index (κ1) is 55.1. The number of hydrogen-bond acceptors (Lipinski definition) is 3. The van der Waals surface area contributed by atoms with Crippen molar-refractivity contribution in [1.82, 2.24) is 30.9 Å². The quantitative estimate of drug-likeness (QED) is 0.0360. The summed E-state index contributed by atoms with van der Waals surface area (Å²) in [6, 6.07) is 56.7. The second-order valence-corrected chi connectivity index (χ2v) is 19.5. The molecule has 0 unspecified atom stereocenters. The van der Waals surface area contributed by atoms with Gasteiger partial charge in [-0.3, -0.25) is 14.4 Å². The number of amides is 3. The molecule has 6 aromatic carbocycles. The van der Waals surface area contributed by atoms with Crippen LogP contribution in [0.5, 0.6) is 0 Å². The third-order valence-electron chi connectivity index (χ3n) is 13.7. The van der Waals surface area contributed by atoms with Gasteiger partial charge in [0.15, 0.2) is 0 Å². The van der Waals surface area contributed by atoms with E-state index in [1.54, 1.807) is 0 Å². The van der Waals surface area contributed by atoms with Gasteiger partial charge in [-0.1, -0.05) is 186 Å². The predicted octanol–water partition coefficient (Wildman–Crippen LogP) is 13.8. The van der Waals surface area contributed by atoms with Crippen LogP contribution >= 0.6 is 0 Å². The lowest BCUT2D eigenvalue weighted by atomic mass is 10.0. The number of rotatable bonds is 24. The first-order chi connectivity index (χ1) is 36.8. The van der Waals surface area contributed by atoms with E-state index in [2.05, 4.69) is 197 Å². The summed E-state index contributed by atoms with van der Waals surface area (Å²) in [5.74, 6) is 0.476. The number of carbonyl (C=O) groups excluding carboxylic acids is 3. The third-order valence-corrected chi connectivity index (χ3v) is 13.7. The maximum atomic E-state index is 11.9. The van der Waals surface area contributed by atoms with Crippen molar-refractivity contribution in [2.75, 3.05) is 19.6 Å². The van der Waals surface area contributed by atoms with Gasteiger partial charge in [0.25, 0.3) is 0 Å². The summed E-state index contributed by atoms with van der Waals surface area (Å²) < 4.78 is 0. The summed E-state index contributed by atoms with van der Waals surface area (Å²) in [4.78, 5) is 46.3. The summed E-state index contributed by atoms with van der Waals surface area (Å²) in [5, 5.41) is 13.0. The lowest BCUT2D eigenvalue weighted by molar-refractivity contribution is -0.122. The smallest absolute Gasteiger partial charge is 0.220 e. The molecule has 6 N–H and O–H groups in total. The topological polar surface area (TPSA) is 135 Å². The van der Waals surface area contributed by atoms with Gasteiger partial charge >= 0.3 is 0 Å². The molecule has 3 amide bonds. The van der Waals surface area contributed by atoms with E-state index in [1.165, 1.54) is 83.2 Å². The first-order valence-electron chi connectivity index (χ1n) is 27.5. The van der Waals surface area contributed by atoms with Crippen molar-refractivity contribution in [3.8, 4) is 0 Å². The normalized spacial score (nSPS) is 10.9. The number of fused-ring (bicyclic) bond motifs is 3. The zero-order valence-electron chi connectivity index (χ0n) is 44.5. The summed E-state index contributed by atoms with van der Waals surface area (Å²) >= 11 is 0. The summed E-state index contributed by atoms with van der Waals surface area (Å²) in [6.07, 6.45) is 13.1. The lowest BCUT2D eigenvalue weighted by Gasteiger charge is -2.07. The molecule has 9 rings (SSSR count). The monoisotopic (exact) mass is 1000 g/mol. The van der Waals surface area contributed by atoms with Crippen molar-refractivity contribution < 1.29 is 14.4 Å². The molecule has 75 heavy (non-hydrogen) atoms. The number of aromatic nitrogens is 3. The van der Waals surface area contributed by atoms with Crippen LogP contribution in [0.3, 0.4) is 0 Å². The Hall–Kier alpha value is -7.65. The van der Waals surface area contributed by atoms with Crippen LogP contribution in [-0.2, 0) is 52.9 Å². The Morgan fingerprint density at radius 3 is 0.867 bits per heavy atom. The van der Waals surface area contributed by atoms with Crippen molar-refractivity contribution in [2.45, 2.75) is 117 Å². The average molecular weight is 1000 g/mol. The minimum atomic E-state index is 0.159. The molecule has 9 aromatic rings. The van der Waals surface area contributed by atoms with E-state index in [0.29, 0.717) is 38.9 Å². The number of hydrogen-bond donors (Lipinski definition) is 6. The van der Waals surface area contributed by atoms with E-state index >= 15 is 0 Å². The molecule has 9 nitrogen and oxygen atoms in total. The van der Waals surface area contributed by atoms with Gasteiger partial charge in [0.1, 0.15) is 0 Å². The third kappa shape index (κ3) is 16.9. The molecule has 0 aliphatic heterocycles. The molecule has 9 heteroatoms. The van der Waals surface area contributed by atoms with Crippen molar-refractivity contribution >= 4 is 50.4 Å². The van der Waals surface area contributed by atoms with Crippen molar-refractivity contribution in [1.29, 1.82) is 0 Å². The fraction of sp³-hybridized carbons (Fsp3) is 0.318. The number of H-pyrrole nitrogens is 3. The standard InChI is InChI=1S/3C22H26N2O/c3*1-2-3-13-22(25)23-15-14-19-18-11-7-8-12-20(18)24-21(19)16-17-9-5-4-6-10-17/h3*4-12,24H,2-3,13-16H2,1H3,(H,23,25). The highest BCUT2D eigenvalue weighted by Gasteiger charge is 2.15. The van der Waals surface area contributed by atoms with Gasteiger partial charge in [-0.2, -0.15) is 0 Å². The number of benzene rings is 6. The molecule has 0 aliphatic rings. The van der Waals surface area contributed by atoms with E-state index < -0.39 is 0 Å². The number of unbranched alkanes of at least 4 members (excludes halogenated alkanes) is 3. The Labute approximate surface area is 444 Å². The zero-order chi connectivity index (χ0) is 52.5. The van der Waals surface area contributed by atoms with E-state index in [4.69, 9.17) is 0 Å². The van der Waals surface area contributed by atoms with Gasteiger partial charge in [0, 0.05) is 108 Å². The van der Waals surface area contributed by atoms with E-state index in [1.807, 2.05) is 18.2 Å². The van der Waals surface area contributed by atoms with Gasteiger partial charge in [-0.05, 0) is 90.1 Å². The molecule has 0 saturated carbocycles. The summed E-state index contributed by atoms with van der Waals surface area (Å²) in [6.45, 7) is 8.38. The highest BCUT2D eigenvalue weighted by Crippen LogP contribution is 2.28. The molecule has 0 aliphatic carbocycles. The van der Waals surface area contributed by atoms with Crippen molar-refractivity contribution in [3.63, 3.8) is 0 Å². The Morgan fingerprint density at radius 2 is 0.600 bits per heavy atom. The van der Waals surface area contributed by atoms with Gasteiger partial charge in [-0.15, -0.1) is 0 Å². The number of nitrogens with one attached hydrogen (secondary N) is 6. The van der Waals surface area contributed by atoms with Gasteiger partial charge in [0.2, 0.25) is 17.7 Å². The van der Waals surface area contributed by atoms with Crippen LogP contribution in [0.2, 0.25) is 0 Å². The van der Waals surface area contributed by atoms with Crippen LogP contribution in [0, 0.1) is 0 Å². The van der Waals surface area contributed by atoms with Crippen LogP contribution in [-0.4, -0.2) is 52.3 Å². The fourth-order valence-electron chi connectivity index (χ4n) is 9.73. The Bertz CT molecular complexity index is 2800. The molecular formula is C66H78N6O3. The summed E-state index contributed by atoms with van der Waals surface area (Å²) in [7, 11) is 0. The molecule has 3 aromatic heterocycles. The first-order valence-corrected chi connectivity index (χ1v) is 27.5. The minimum Gasteiger partial charge on any atom is -0.358 e. The Balaban J connectivity index is 0.000000164. The van der Waals surface area contributed by atoms with E-state index in [0.717, 1.165) is 77.0 Å². The molecule has 3 heterocycles. The maximum Gasteiger partial charge on any atom is 0.220 e. The largest absolute Gasteiger partial charge is 0.358 e. The Kier molecular flexibility index (Phi) is 22.0. The van der Waals surface area contributed by atoms with E-state index in [9.17, 15) is 14.4 Å². The highest BCUT2D eigenvalue weighted by molar-refractivity contribution is 5.87. The SMILES string of the molecule is CCCCC(=O)NCCc1c(Cc2ccccc2)[nH]c2ccccc12.CCCCC(=O)NCCc1c(Cc2ccccc2)[nH]c2ccccc12.CCCCC(=O)NCCc1c(Cc2ccccc2)[nH]c2ccccc12. The van der Waals surface area contributed by atoms with Gasteiger partial charge in [0.05, 0.1) is 0 Å². The number of aromatic amines is 3. The highest BCUT2D eigenvalue weighted by atomic mass is 16.2. The van der Waals surface area contributed by atoms with Crippen LogP contribution in [0.1, 0.15) is 129 Å². The van der Waals surface area contributed by atoms with Crippen LogP contribution < -0.4 is 16.0 Å². The molecule has 0 spiro atoms. The van der Waals surface area contributed by atoms with E-state index in [-0.39, 0.29) is 17.7 Å². The number of para-hydroxylation sites is 3. The van der Waals surface area contributed by atoms with Gasteiger partial charge < -0.3 is 30.9 Å². The van der Waals surface area contributed by atoms with Crippen LogP contribution in [0.4, 0.5) is 0 Å². The van der Waals surface area contributed by atoms with Crippen molar-refractivity contribution in [2.24, 2.45) is 0 Å². The minimum absolute atomic E-state index is 0.159.